The highest BCUT2D eigenvalue weighted by atomic mass is 32.2. The number of nitrogens with zero attached hydrogens (tertiary/aromatic N) is 4. The molecule has 3 aromatic carbocycles. The van der Waals surface area contributed by atoms with Crippen LogP contribution in [0.5, 0.6) is 11.5 Å². The number of likely N-dealkylation sites (tertiary alicyclic amines) is 1. The molecule has 6 rings (SSSR count). The van der Waals surface area contributed by atoms with E-state index in [0.29, 0.717) is 17.3 Å². The molecule has 216 valence electrons. The quantitative estimate of drug-likeness (QED) is 0.280. The molecule has 42 heavy (non-hydrogen) atoms. The summed E-state index contributed by atoms with van der Waals surface area (Å²) in [5.74, 6) is 2.00. The summed E-state index contributed by atoms with van der Waals surface area (Å²) < 4.78 is 13.3. The fraction of sp³-hybridized carbons (Fsp3) is 0.303. The van der Waals surface area contributed by atoms with Gasteiger partial charge >= 0.3 is 0 Å². The van der Waals surface area contributed by atoms with Crippen LogP contribution in [0.3, 0.4) is 0 Å². The number of rotatable bonds is 7. The first-order valence-electron chi connectivity index (χ1n) is 14.2. The standard InChI is InChI=1S/C33H34N4O4S/c1-22-11-13-24(14-12-22)37-33-30(31(34-37)23-9-5-4-6-10-23)32(26-19-25(40-2)15-16-27(26)41-3)42-21-29(39)36(33)20-28(38)35-17-7-8-18-35/h4-6,9-16,19,32H,7-8,17-18,20-21H2,1-3H3/t32-/m0/s1. The van der Waals surface area contributed by atoms with Gasteiger partial charge in [0.25, 0.3) is 0 Å². The summed E-state index contributed by atoms with van der Waals surface area (Å²) in [4.78, 5) is 31.1. The van der Waals surface area contributed by atoms with Crippen molar-refractivity contribution < 1.29 is 19.1 Å². The second-order valence-corrected chi connectivity index (χ2v) is 11.7. The molecule has 1 fully saturated rings. The van der Waals surface area contributed by atoms with Crippen molar-refractivity contribution in [1.82, 2.24) is 14.7 Å². The Morgan fingerprint density at radius 3 is 2.40 bits per heavy atom. The third kappa shape index (κ3) is 5.25. The molecule has 1 aromatic heterocycles. The van der Waals surface area contributed by atoms with Gasteiger partial charge in [-0.15, -0.1) is 11.8 Å². The number of ether oxygens (including phenoxy) is 2. The van der Waals surface area contributed by atoms with Crippen molar-refractivity contribution in [3.05, 3.63) is 89.5 Å². The van der Waals surface area contributed by atoms with E-state index in [1.807, 2.05) is 89.3 Å². The Morgan fingerprint density at radius 1 is 0.976 bits per heavy atom. The van der Waals surface area contributed by atoms with Gasteiger partial charge in [0.15, 0.2) is 0 Å². The van der Waals surface area contributed by atoms with E-state index in [2.05, 4.69) is 0 Å². The van der Waals surface area contributed by atoms with Gasteiger partial charge in [0, 0.05) is 29.8 Å². The van der Waals surface area contributed by atoms with E-state index < -0.39 is 0 Å². The van der Waals surface area contributed by atoms with Crippen molar-refractivity contribution >= 4 is 29.4 Å². The van der Waals surface area contributed by atoms with E-state index in [4.69, 9.17) is 14.6 Å². The monoisotopic (exact) mass is 582 g/mol. The lowest BCUT2D eigenvalue weighted by atomic mass is 9.98. The van der Waals surface area contributed by atoms with Crippen molar-refractivity contribution in [3.8, 4) is 28.4 Å². The van der Waals surface area contributed by atoms with Gasteiger partial charge in [-0.25, -0.2) is 4.68 Å². The van der Waals surface area contributed by atoms with E-state index in [1.54, 1.807) is 19.1 Å². The lowest BCUT2D eigenvalue weighted by Crippen LogP contribution is -2.43. The molecule has 3 heterocycles. The Labute approximate surface area is 250 Å². The molecular weight excluding hydrogens is 548 g/mol. The first kappa shape index (κ1) is 27.9. The Hall–Kier alpha value is -4.24. The highest BCUT2D eigenvalue weighted by Crippen LogP contribution is 2.51. The molecule has 0 unspecified atom stereocenters. The van der Waals surface area contributed by atoms with Crippen LogP contribution < -0.4 is 14.4 Å². The molecule has 2 aliphatic rings. The van der Waals surface area contributed by atoms with Crippen LogP contribution in [-0.4, -0.2) is 66.1 Å². The topological polar surface area (TPSA) is 76.9 Å². The van der Waals surface area contributed by atoms with Crippen LogP contribution in [0.15, 0.2) is 72.8 Å². The number of carbonyl (C=O) groups excluding carboxylic acids is 2. The number of aryl methyl sites for hydroxylation is 1. The summed E-state index contributed by atoms with van der Waals surface area (Å²) in [6.45, 7) is 3.44. The van der Waals surface area contributed by atoms with Gasteiger partial charge in [0.2, 0.25) is 11.8 Å². The number of hydrogen-bond donors (Lipinski definition) is 0. The van der Waals surface area contributed by atoms with Crippen molar-refractivity contribution in [1.29, 1.82) is 0 Å². The molecule has 0 saturated carbocycles. The molecule has 1 atom stereocenters. The second-order valence-electron chi connectivity index (χ2n) is 10.6. The SMILES string of the molecule is COc1ccc(OC)c([C@@H]2SCC(=O)N(CC(=O)N3CCCC3)c3c2c(-c2ccccc2)nn3-c2ccc(C)cc2)c1. The molecule has 4 aromatic rings. The van der Waals surface area contributed by atoms with Crippen LogP contribution in [0.1, 0.15) is 34.8 Å². The van der Waals surface area contributed by atoms with Crippen molar-refractivity contribution in [2.75, 3.05) is 44.5 Å². The highest BCUT2D eigenvalue weighted by molar-refractivity contribution is 8.00. The first-order chi connectivity index (χ1) is 20.5. The minimum absolute atomic E-state index is 0.0415. The molecule has 0 aliphatic carbocycles. The number of benzene rings is 3. The van der Waals surface area contributed by atoms with E-state index >= 15 is 0 Å². The fourth-order valence-corrected chi connectivity index (χ4v) is 6.90. The van der Waals surface area contributed by atoms with E-state index in [9.17, 15) is 9.59 Å². The van der Waals surface area contributed by atoms with Gasteiger partial charge in [-0.05, 0) is 50.1 Å². The summed E-state index contributed by atoms with van der Waals surface area (Å²) in [5, 5.41) is 4.86. The number of fused-ring (bicyclic) bond motifs is 1. The maximum absolute atomic E-state index is 14.0. The van der Waals surface area contributed by atoms with Gasteiger partial charge in [-0.2, -0.15) is 5.10 Å². The van der Waals surface area contributed by atoms with Crippen molar-refractivity contribution in [2.45, 2.75) is 25.0 Å². The van der Waals surface area contributed by atoms with Crippen molar-refractivity contribution in [2.24, 2.45) is 0 Å². The average Bonchev–Trinajstić information content (AvgIpc) is 3.67. The number of amides is 2. The lowest BCUT2D eigenvalue weighted by Gasteiger charge is -2.25. The molecule has 2 amide bonds. The molecule has 9 heteroatoms. The number of carbonyl (C=O) groups is 2. The van der Waals surface area contributed by atoms with Gasteiger partial charge in [0.1, 0.15) is 23.9 Å². The number of aromatic nitrogens is 2. The Morgan fingerprint density at radius 2 is 1.71 bits per heavy atom. The Balaban J connectivity index is 1.63. The number of anilines is 1. The van der Waals surface area contributed by atoms with Crippen LogP contribution in [0.2, 0.25) is 0 Å². The minimum Gasteiger partial charge on any atom is -0.497 e. The molecular formula is C33H34N4O4S. The normalized spacial score (nSPS) is 16.7. The van der Waals surface area contributed by atoms with E-state index in [0.717, 1.165) is 59.6 Å². The molecule has 8 nitrogen and oxygen atoms in total. The maximum atomic E-state index is 14.0. The zero-order valence-electron chi connectivity index (χ0n) is 24.1. The van der Waals surface area contributed by atoms with E-state index in [-0.39, 0.29) is 29.4 Å². The number of methoxy groups -OCH3 is 2. The fourth-order valence-electron chi connectivity index (χ4n) is 5.69. The molecule has 0 bridgehead atoms. The van der Waals surface area contributed by atoms with Crippen LogP contribution in [0.25, 0.3) is 16.9 Å². The first-order valence-corrected chi connectivity index (χ1v) is 15.2. The summed E-state index contributed by atoms with van der Waals surface area (Å²) >= 11 is 1.51. The summed E-state index contributed by atoms with van der Waals surface area (Å²) in [5.41, 5.74) is 5.34. The summed E-state index contributed by atoms with van der Waals surface area (Å²) in [6, 6.07) is 23.8. The Bertz CT molecular complexity index is 1600. The van der Waals surface area contributed by atoms with Gasteiger partial charge in [-0.1, -0.05) is 48.0 Å². The maximum Gasteiger partial charge on any atom is 0.242 e. The van der Waals surface area contributed by atoms with Crippen LogP contribution in [0, 0.1) is 6.92 Å². The lowest BCUT2D eigenvalue weighted by molar-refractivity contribution is -0.130. The zero-order chi connectivity index (χ0) is 29.2. The summed E-state index contributed by atoms with van der Waals surface area (Å²) in [6.07, 6.45) is 1.97. The molecule has 0 radical (unpaired) electrons. The van der Waals surface area contributed by atoms with Gasteiger partial charge < -0.3 is 14.4 Å². The minimum atomic E-state index is -0.324. The third-order valence-electron chi connectivity index (χ3n) is 7.89. The van der Waals surface area contributed by atoms with Gasteiger partial charge in [0.05, 0.1) is 36.6 Å². The summed E-state index contributed by atoms with van der Waals surface area (Å²) in [7, 11) is 3.28. The average molecular weight is 583 g/mol. The molecule has 0 N–H and O–H groups in total. The molecule has 2 aliphatic heterocycles. The Kier molecular flexibility index (Phi) is 7.93. The van der Waals surface area contributed by atoms with Crippen LogP contribution in [-0.2, 0) is 9.59 Å². The predicted molar refractivity (Wildman–Crippen MR) is 166 cm³/mol. The van der Waals surface area contributed by atoms with Crippen LogP contribution >= 0.6 is 11.8 Å². The zero-order valence-corrected chi connectivity index (χ0v) is 24.9. The molecule has 0 spiro atoms. The second kappa shape index (κ2) is 11.9. The smallest absolute Gasteiger partial charge is 0.242 e. The van der Waals surface area contributed by atoms with Gasteiger partial charge in [-0.3, -0.25) is 14.5 Å². The highest BCUT2D eigenvalue weighted by Gasteiger charge is 2.39. The molecule has 1 saturated heterocycles. The number of hydrogen-bond acceptors (Lipinski definition) is 6. The third-order valence-corrected chi connectivity index (χ3v) is 9.12. The van der Waals surface area contributed by atoms with Crippen molar-refractivity contribution in [3.63, 3.8) is 0 Å². The van der Waals surface area contributed by atoms with Crippen LogP contribution in [0.4, 0.5) is 5.82 Å². The largest absolute Gasteiger partial charge is 0.497 e. The predicted octanol–water partition coefficient (Wildman–Crippen LogP) is 5.66. The van der Waals surface area contributed by atoms with E-state index in [1.165, 1.54) is 11.8 Å². The number of thioether (sulfide) groups is 1.